The molecule has 0 atom stereocenters. The highest BCUT2D eigenvalue weighted by Crippen LogP contribution is 2.23. The van der Waals surface area contributed by atoms with E-state index in [0.29, 0.717) is 0 Å². The minimum atomic E-state index is 0.164. The molecule has 0 saturated carbocycles. The van der Waals surface area contributed by atoms with Gasteiger partial charge in [-0.1, -0.05) is 72.8 Å². The summed E-state index contributed by atoms with van der Waals surface area (Å²) in [4.78, 5) is 20.1. The van der Waals surface area contributed by atoms with Gasteiger partial charge in [0.1, 0.15) is 0 Å². The van der Waals surface area contributed by atoms with Gasteiger partial charge in [-0.15, -0.1) is 0 Å². The molecule has 35 heavy (non-hydrogen) atoms. The zero-order valence-corrected chi connectivity index (χ0v) is 20.7. The minimum absolute atomic E-state index is 0.164. The zero-order valence-electron chi connectivity index (χ0n) is 20.7. The average molecular weight is 468 g/mol. The molecule has 1 amide bonds. The molecule has 0 unspecified atom stereocenters. The normalized spacial score (nSPS) is 18.0. The quantitative estimate of drug-likeness (QED) is 0.484. The first-order valence-corrected chi connectivity index (χ1v) is 13.1. The Morgan fingerprint density at radius 3 is 1.71 bits per heavy atom. The maximum absolute atomic E-state index is 13.0. The van der Waals surface area contributed by atoms with Gasteiger partial charge in [-0.2, -0.15) is 0 Å². The average Bonchev–Trinajstić information content (AvgIpc) is 2.91. The molecule has 0 radical (unpaired) electrons. The molecule has 0 bridgehead atoms. The first kappa shape index (κ1) is 23.8. The lowest BCUT2D eigenvalue weighted by Gasteiger charge is -2.35. The number of nitrogens with zero attached hydrogens (tertiary/aromatic N) is 3. The molecule has 0 spiro atoms. The fourth-order valence-electron chi connectivity index (χ4n) is 5.44. The topological polar surface area (TPSA) is 26.8 Å². The highest BCUT2D eigenvalue weighted by molar-refractivity contribution is 5.94. The molecule has 2 heterocycles. The lowest BCUT2D eigenvalue weighted by molar-refractivity contribution is 0.0628. The van der Waals surface area contributed by atoms with Crippen LogP contribution in [0.5, 0.6) is 0 Å². The molecule has 2 fully saturated rings. The molecule has 2 aliphatic heterocycles. The van der Waals surface area contributed by atoms with E-state index in [1.165, 1.54) is 36.0 Å². The lowest BCUT2D eigenvalue weighted by Crippen LogP contribution is -2.48. The number of piperazine rings is 1. The number of piperidine rings is 1. The summed E-state index contributed by atoms with van der Waals surface area (Å²) in [5, 5.41) is 0. The maximum Gasteiger partial charge on any atom is 0.253 e. The number of amides is 1. The van der Waals surface area contributed by atoms with E-state index in [1.807, 2.05) is 17.0 Å². The Balaban J connectivity index is 1.06. The van der Waals surface area contributed by atoms with Crippen molar-refractivity contribution in [2.75, 3.05) is 39.3 Å². The summed E-state index contributed by atoms with van der Waals surface area (Å²) in [7, 11) is 0. The van der Waals surface area contributed by atoms with E-state index in [-0.39, 0.29) is 5.91 Å². The van der Waals surface area contributed by atoms with Crippen molar-refractivity contribution >= 4 is 5.91 Å². The standard InChI is InChI=1S/C31H37N3O/c35-31(34-21-19-33(20-22-34)24-28-9-5-2-6-10-28)30-13-11-29(12-14-30)25-32-17-15-27(16-18-32)23-26-7-3-1-4-8-26/h1-14,27H,15-25H2. The predicted octanol–water partition coefficient (Wildman–Crippen LogP) is 5.10. The number of hydrogen-bond acceptors (Lipinski definition) is 3. The monoisotopic (exact) mass is 467 g/mol. The lowest BCUT2D eigenvalue weighted by atomic mass is 9.90. The van der Waals surface area contributed by atoms with E-state index in [9.17, 15) is 4.79 Å². The minimum Gasteiger partial charge on any atom is -0.336 e. The summed E-state index contributed by atoms with van der Waals surface area (Å²) < 4.78 is 0. The highest BCUT2D eigenvalue weighted by Gasteiger charge is 2.23. The van der Waals surface area contributed by atoms with Gasteiger partial charge < -0.3 is 4.90 Å². The zero-order chi connectivity index (χ0) is 23.9. The van der Waals surface area contributed by atoms with Gasteiger partial charge in [0.25, 0.3) is 5.91 Å². The van der Waals surface area contributed by atoms with Crippen molar-refractivity contribution in [1.29, 1.82) is 0 Å². The van der Waals surface area contributed by atoms with Crippen LogP contribution >= 0.6 is 0 Å². The van der Waals surface area contributed by atoms with Crippen molar-refractivity contribution in [2.45, 2.75) is 32.4 Å². The van der Waals surface area contributed by atoms with Crippen molar-refractivity contribution in [2.24, 2.45) is 5.92 Å². The van der Waals surface area contributed by atoms with Crippen molar-refractivity contribution in [3.8, 4) is 0 Å². The van der Waals surface area contributed by atoms with Gasteiger partial charge in [-0.25, -0.2) is 0 Å². The number of benzene rings is 3. The molecule has 3 aromatic rings. The fraction of sp³-hybridized carbons (Fsp3) is 0.387. The summed E-state index contributed by atoms with van der Waals surface area (Å²) in [6.07, 6.45) is 3.73. The number of hydrogen-bond donors (Lipinski definition) is 0. The third-order valence-corrected chi connectivity index (χ3v) is 7.59. The van der Waals surface area contributed by atoms with Gasteiger partial charge in [0.15, 0.2) is 0 Å². The second-order valence-electron chi connectivity index (χ2n) is 10.2. The van der Waals surface area contributed by atoms with Gasteiger partial charge in [-0.05, 0) is 67.1 Å². The number of rotatable bonds is 7. The van der Waals surface area contributed by atoms with Gasteiger partial charge in [-0.3, -0.25) is 14.6 Å². The Bertz CT molecular complexity index is 1050. The van der Waals surface area contributed by atoms with E-state index in [1.54, 1.807) is 0 Å². The smallest absolute Gasteiger partial charge is 0.253 e. The summed E-state index contributed by atoms with van der Waals surface area (Å²) in [6.45, 7) is 7.71. The van der Waals surface area contributed by atoms with Crippen LogP contribution in [0.4, 0.5) is 0 Å². The number of likely N-dealkylation sites (tertiary alicyclic amines) is 1. The number of carbonyl (C=O) groups is 1. The molecule has 2 saturated heterocycles. The molecule has 182 valence electrons. The van der Waals surface area contributed by atoms with Crippen LogP contribution in [0.15, 0.2) is 84.9 Å². The molecular weight excluding hydrogens is 430 g/mol. The van der Waals surface area contributed by atoms with Crippen LogP contribution in [-0.4, -0.2) is 59.9 Å². The van der Waals surface area contributed by atoms with Gasteiger partial charge in [0, 0.05) is 44.8 Å². The molecule has 5 rings (SSSR count). The van der Waals surface area contributed by atoms with Crippen LogP contribution in [0.1, 0.15) is 39.9 Å². The van der Waals surface area contributed by atoms with E-state index in [4.69, 9.17) is 0 Å². The van der Waals surface area contributed by atoms with Gasteiger partial charge >= 0.3 is 0 Å². The van der Waals surface area contributed by atoms with E-state index in [0.717, 1.165) is 63.8 Å². The van der Waals surface area contributed by atoms with Crippen molar-refractivity contribution in [1.82, 2.24) is 14.7 Å². The second-order valence-corrected chi connectivity index (χ2v) is 10.2. The van der Waals surface area contributed by atoms with E-state index >= 15 is 0 Å². The SMILES string of the molecule is O=C(c1ccc(CN2CCC(Cc3ccccc3)CC2)cc1)N1CCN(Cc2ccccc2)CC1. The first-order valence-electron chi connectivity index (χ1n) is 13.1. The van der Waals surface area contributed by atoms with E-state index in [2.05, 4.69) is 82.6 Å². The molecule has 0 N–H and O–H groups in total. The molecule has 0 aliphatic carbocycles. The summed E-state index contributed by atoms with van der Waals surface area (Å²) in [6, 6.07) is 29.8. The Morgan fingerprint density at radius 2 is 1.11 bits per heavy atom. The largest absolute Gasteiger partial charge is 0.336 e. The second kappa shape index (κ2) is 11.7. The third kappa shape index (κ3) is 6.59. The molecule has 4 nitrogen and oxygen atoms in total. The van der Waals surface area contributed by atoms with Crippen LogP contribution in [0.3, 0.4) is 0 Å². The van der Waals surface area contributed by atoms with Crippen molar-refractivity contribution in [3.63, 3.8) is 0 Å². The third-order valence-electron chi connectivity index (χ3n) is 7.59. The Hall–Kier alpha value is -2.95. The van der Waals surface area contributed by atoms with Crippen LogP contribution in [0.25, 0.3) is 0 Å². The Kier molecular flexibility index (Phi) is 7.92. The Morgan fingerprint density at radius 1 is 0.600 bits per heavy atom. The Labute approximate surface area is 210 Å². The molecule has 3 aromatic carbocycles. The number of carbonyl (C=O) groups excluding carboxylic acids is 1. The van der Waals surface area contributed by atoms with Crippen LogP contribution in [0.2, 0.25) is 0 Å². The van der Waals surface area contributed by atoms with Gasteiger partial charge in [0.2, 0.25) is 0 Å². The summed E-state index contributed by atoms with van der Waals surface area (Å²) >= 11 is 0. The maximum atomic E-state index is 13.0. The van der Waals surface area contributed by atoms with E-state index < -0.39 is 0 Å². The molecule has 2 aliphatic rings. The molecular formula is C31H37N3O. The summed E-state index contributed by atoms with van der Waals surface area (Å²) in [5.74, 6) is 0.958. The van der Waals surface area contributed by atoms with Gasteiger partial charge in [0.05, 0.1) is 0 Å². The van der Waals surface area contributed by atoms with Crippen LogP contribution in [-0.2, 0) is 19.5 Å². The van der Waals surface area contributed by atoms with Crippen molar-refractivity contribution < 1.29 is 4.79 Å². The molecule has 0 aromatic heterocycles. The fourth-order valence-corrected chi connectivity index (χ4v) is 5.44. The summed E-state index contributed by atoms with van der Waals surface area (Å²) in [5.41, 5.74) is 4.91. The predicted molar refractivity (Wildman–Crippen MR) is 142 cm³/mol. The van der Waals surface area contributed by atoms with Crippen LogP contribution < -0.4 is 0 Å². The van der Waals surface area contributed by atoms with Crippen molar-refractivity contribution in [3.05, 3.63) is 107 Å². The first-order chi connectivity index (χ1) is 17.2. The highest BCUT2D eigenvalue weighted by atomic mass is 16.2. The van der Waals surface area contributed by atoms with Crippen LogP contribution in [0, 0.1) is 5.92 Å². The molecule has 4 heteroatoms.